The van der Waals surface area contributed by atoms with Gasteiger partial charge in [0.05, 0.1) is 19.3 Å². The Hall–Kier alpha value is -0.940. The van der Waals surface area contributed by atoms with Crippen LogP contribution in [-0.4, -0.2) is 39.7 Å². The summed E-state index contributed by atoms with van der Waals surface area (Å²) >= 11 is 0. The molecule has 1 rings (SSSR count). The van der Waals surface area contributed by atoms with Gasteiger partial charge in [-0.05, 0) is 12.0 Å². The molecule has 18 heavy (non-hydrogen) atoms. The molecule has 0 bridgehead atoms. The maximum absolute atomic E-state index is 9.65. The maximum Gasteiger partial charge on any atom is 0.100 e. The topological polar surface area (TPSA) is 80.9 Å². The first kappa shape index (κ1) is 17.1. The van der Waals surface area contributed by atoms with Crippen LogP contribution >= 0.6 is 0 Å². The standard InChI is InChI=1S/C11H16O.C3H8O3/c1-2-3-9-11(12)10-7-5-4-6-8-10;4-1-3(6)2-5/h4-8,11-12H,2-3,9H2,1H3;3-6H,1-2H2. The molecule has 0 radical (unpaired) electrons. The van der Waals surface area contributed by atoms with Gasteiger partial charge >= 0.3 is 0 Å². The first-order valence-electron chi connectivity index (χ1n) is 6.28. The van der Waals surface area contributed by atoms with Crippen molar-refractivity contribution < 1.29 is 20.4 Å². The molecule has 1 unspecified atom stereocenters. The van der Waals surface area contributed by atoms with Gasteiger partial charge in [-0.25, -0.2) is 0 Å². The molecule has 1 atom stereocenters. The first-order valence-corrected chi connectivity index (χ1v) is 6.28. The summed E-state index contributed by atoms with van der Waals surface area (Å²) in [6.45, 7) is 1.41. The summed E-state index contributed by atoms with van der Waals surface area (Å²) in [4.78, 5) is 0. The van der Waals surface area contributed by atoms with Gasteiger partial charge in [0.15, 0.2) is 0 Å². The first-order chi connectivity index (χ1) is 8.65. The van der Waals surface area contributed by atoms with E-state index < -0.39 is 6.10 Å². The number of benzene rings is 1. The lowest BCUT2D eigenvalue weighted by Gasteiger charge is -2.09. The van der Waals surface area contributed by atoms with E-state index in [0.717, 1.165) is 24.8 Å². The van der Waals surface area contributed by atoms with Crippen LogP contribution in [-0.2, 0) is 0 Å². The largest absolute Gasteiger partial charge is 0.394 e. The molecule has 4 nitrogen and oxygen atoms in total. The molecule has 104 valence electrons. The van der Waals surface area contributed by atoms with Gasteiger partial charge in [0.25, 0.3) is 0 Å². The van der Waals surface area contributed by atoms with Gasteiger partial charge in [-0.1, -0.05) is 50.1 Å². The molecule has 0 heterocycles. The Balaban J connectivity index is 0.000000411. The van der Waals surface area contributed by atoms with Crippen molar-refractivity contribution in [1.29, 1.82) is 0 Å². The van der Waals surface area contributed by atoms with Crippen LogP contribution in [0, 0.1) is 0 Å². The number of hydrogen-bond donors (Lipinski definition) is 4. The number of aliphatic hydroxyl groups excluding tert-OH is 4. The normalized spacial score (nSPS) is 11.9. The Morgan fingerprint density at radius 1 is 1.00 bits per heavy atom. The second-order valence-corrected chi connectivity index (χ2v) is 4.09. The zero-order chi connectivity index (χ0) is 13.8. The molecule has 0 saturated carbocycles. The van der Waals surface area contributed by atoms with Gasteiger partial charge in [0, 0.05) is 0 Å². The number of unbranched alkanes of at least 4 members (excludes halogenated alkanes) is 1. The van der Waals surface area contributed by atoms with Crippen LogP contribution in [0.5, 0.6) is 0 Å². The predicted octanol–water partition coefficient (Wildman–Crippen LogP) is 1.24. The summed E-state index contributed by atoms with van der Waals surface area (Å²) in [6, 6.07) is 9.84. The van der Waals surface area contributed by atoms with E-state index in [0.29, 0.717) is 0 Å². The number of aliphatic hydroxyl groups is 4. The number of rotatable bonds is 6. The molecule has 0 amide bonds. The van der Waals surface area contributed by atoms with Crippen LogP contribution in [0.1, 0.15) is 37.9 Å². The van der Waals surface area contributed by atoms with Crippen LogP contribution in [0.25, 0.3) is 0 Å². The fraction of sp³-hybridized carbons (Fsp3) is 0.571. The Morgan fingerprint density at radius 3 is 1.94 bits per heavy atom. The lowest BCUT2D eigenvalue weighted by Crippen LogP contribution is -2.15. The minimum absolute atomic E-state index is 0.272. The van der Waals surface area contributed by atoms with E-state index in [9.17, 15) is 5.11 Å². The second-order valence-electron chi connectivity index (χ2n) is 4.09. The lowest BCUT2D eigenvalue weighted by molar-refractivity contribution is 0.0450. The van der Waals surface area contributed by atoms with Crippen LogP contribution in [0.2, 0.25) is 0 Å². The Kier molecular flexibility index (Phi) is 10.6. The highest BCUT2D eigenvalue weighted by Gasteiger charge is 2.04. The third-order valence-corrected chi connectivity index (χ3v) is 2.44. The summed E-state index contributed by atoms with van der Waals surface area (Å²) in [5.74, 6) is 0. The maximum atomic E-state index is 9.65. The zero-order valence-corrected chi connectivity index (χ0v) is 10.9. The molecular weight excluding hydrogens is 232 g/mol. The smallest absolute Gasteiger partial charge is 0.100 e. The highest BCUT2D eigenvalue weighted by Crippen LogP contribution is 2.17. The molecule has 1 aromatic rings. The van der Waals surface area contributed by atoms with E-state index in [1.807, 2.05) is 30.3 Å². The van der Waals surface area contributed by atoms with E-state index >= 15 is 0 Å². The van der Waals surface area contributed by atoms with Crippen LogP contribution in [0.15, 0.2) is 30.3 Å². The molecule has 0 aliphatic carbocycles. The van der Waals surface area contributed by atoms with E-state index in [2.05, 4.69) is 6.92 Å². The van der Waals surface area contributed by atoms with Crippen molar-refractivity contribution >= 4 is 0 Å². The Labute approximate surface area is 109 Å². The SMILES string of the molecule is CCCCC(O)c1ccccc1.OCC(O)CO. The van der Waals surface area contributed by atoms with Gasteiger partial charge < -0.3 is 20.4 Å². The van der Waals surface area contributed by atoms with Crippen molar-refractivity contribution in [1.82, 2.24) is 0 Å². The molecule has 0 aromatic heterocycles. The Bertz CT molecular complexity index is 272. The van der Waals surface area contributed by atoms with Gasteiger partial charge in [-0.2, -0.15) is 0 Å². The predicted molar refractivity (Wildman–Crippen MR) is 71.1 cm³/mol. The second kappa shape index (κ2) is 11.2. The molecule has 0 aliphatic rings. The van der Waals surface area contributed by atoms with Gasteiger partial charge in [0.1, 0.15) is 6.10 Å². The minimum Gasteiger partial charge on any atom is -0.394 e. The summed E-state index contributed by atoms with van der Waals surface area (Å²) < 4.78 is 0. The molecule has 4 heteroatoms. The monoisotopic (exact) mass is 256 g/mol. The van der Waals surface area contributed by atoms with E-state index in [4.69, 9.17) is 15.3 Å². The van der Waals surface area contributed by atoms with E-state index in [-0.39, 0.29) is 19.3 Å². The van der Waals surface area contributed by atoms with Gasteiger partial charge in [0.2, 0.25) is 0 Å². The molecule has 1 aromatic carbocycles. The molecular formula is C14H24O4. The van der Waals surface area contributed by atoms with Gasteiger partial charge in [-0.15, -0.1) is 0 Å². The summed E-state index contributed by atoms with van der Waals surface area (Å²) in [6.07, 6.45) is 1.89. The van der Waals surface area contributed by atoms with Crippen LogP contribution in [0.3, 0.4) is 0 Å². The highest BCUT2D eigenvalue weighted by atomic mass is 16.3. The van der Waals surface area contributed by atoms with Crippen molar-refractivity contribution in [3.8, 4) is 0 Å². The molecule has 0 fully saturated rings. The van der Waals surface area contributed by atoms with Crippen LogP contribution < -0.4 is 0 Å². The molecule has 4 N–H and O–H groups in total. The third-order valence-electron chi connectivity index (χ3n) is 2.44. The zero-order valence-electron chi connectivity index (χ0n) is 10.9. The molecule has 0 saturated heterocycles. The van der Waals surface area contributed by atoms with Crippen molar-refractivity contribution in [2.45, 2.75) is 38.4 Å². The molecule has 0 spiro atoms. The van der Waals surface area contributed by atoms with E-state index in [1.165, 1.54) is 0 Å². The minimum atomic E-state index is -0.954. The molecule has 0 aliphatic heterocycles. The summed E-state index contributed by atoms with van der Waals surface area (Å²) in [5, 5.41) is 33.7. The van der Waals surface area contributed by atoms with Crippen LogP contribution in [0.4, 0.5) is 0 Å². The van der Waals surface area contributed by atoms with Gasteiger partial charge in [-0.3, -0.25) is 0 Å². The quantitative estimate of drug-likeness (QED) is 0.617. The lowest BCUT2D eigenvalue weighted by atomic mass is 10.0. The third kappa shape index (κ3) is 8.20. The average molecular weight is 256 g/mol. The fourth-order valence-electron chi connectivity index (χ4n) is 1.30. The average Bonchev–Trinajstić information content (AvgIpc) is 2.45. The fourth-order valence-corrected chi connectivity index (χ4v) is 1.30. The Morgan fingerprint density at radius 2 is 1.56 bits per heavy atom. The van der Waals surface area contributed by atoms with E-state index in [1.54, 1.807) is 0 Å². The van der Waals surface area contributed by atoms with Crippen molar-refractivity contribution in [3.05, 3.63) is 35.9 Å². The highest BCUT2D eigenvalue weighted by molar-refractivity contribution is 5.16. The van der Waals surface area contributed by atoms with Crippen molar-refractivity contribution in [3.63, 3.8) is 0 Å². The van der Waals surface area contributed by atoms with Crippen molar-refractivity contribution in [2.24, 2.45) is 0 Å². The summed E-state index contributed by atoms with van der Waals surface area (Å²) in [7, 11) is 0. The van der Waals surface area contributed by atoms with Crippen molar-refractivity contribution in [2.75, 3.05) is 13.2 Å². The summed E-state index contributed by atoms with van der Waals surface area (Å²) in [5.41, 5.74) is 1.03. The number of hydrogen-bond acceptors (Lipinski definition) is 4.